The van der Waals surface area contributed by atoms with Gasteiger partial charge in [-0.25, -0.2) is 4.98 Å². The fourth-order valence-electron chi connectivity index (χ4n) is 4.84. The summed E-state index contributed by atoms with van der Waals surface area (Å²) in [4.78, 5) is 16.9. The first-order chi connectivity index (χ1) is 16.1. The molecule has 33 heavy (non-hydrogen) atoms. The van der Waals surface area contributed by atoms with Crippen molar-refractivity contribution in [2.75, 3.05) is 26.1 Å². The van der Waals surface area contributed by atoms with Gasteiger partial charge in [0.15, 0.2) is 17.3 Å². The number of anilines is 1. The van der Waals surface area contributed by atoms with Gasteiger partial charge in [-0.15, -0.1) is 10.2 Å². The predicted octanol–water partition coefficient (Wildman–Crippen LogP) is 5.11. The van der Waals surface area contributed by atoms with Crippen LogP contribution in [0.3, 0.4) is 0 Å². The Hall–Kier alpha value is -2.90. The molecule has 0 unspecified atom stereocenters. The van der Waals surface area contributed by atoms with Crippen LogP contribution in [-0.2, 0) is 4.79 Å². The maximum Gasteiger partial charge on any atom is 0.204 e. The number of benzene rings is 1. The summed E-state index contributed by atoms with van der Waals surface area (Å²) in [5.41, 5.74) is 2.33. The Kier molecular flexibility index (Phi) is 7.62. The third-order valence-corrected chi connectivity index (χ3v) is 6.72. The van der Waals surface area contributed by atoms with E-state index in [0.717, 1.165) is 61.4 Å². The molecular weight excluding hydrogens is 418 g/mol. The van der Waals surface area contributed by atoms with E-state index in [-0.39, 0.29) is 0 Å². The van der Waals surface area contributed by atoms with Gasteiger partial charge in [0.1, 0.15) is 11.6 Å². The standard InChI is InChI=1S/C25H35N5O3/c1-17-28-29-25-24(27-20-15-22(32-2)23(33-3)16-21(20)30(17)25)26-14-8-4-5-11-19(31)13-12-18-9-6-7-10-18/h15-16,18H,4-14H2,1-3H3,(H,26,27). The molecule has 8 heteroatoms. The lowest BCUT2D eigenvalue weighted by atomic mass is 9.98. The average molecular weight is 454 g/mol. The molecular formula is C25H35N5O3. The van der Waals surface area contributed by atoms with Gasteiger partial charge in [-0.3, -0.25) is 9.20 Å². The van der Waals surface area contributed by atoms with Gasteiger partial charge in [0.25, 0.3) is 0 Å². The quantitative estimate of drug-likeness (QED) is 0.381. The Morgan fingerprint density at radius 1 is 1.06 bits per heavy atom. The van der Waals surface area contributed by atoms with E-state index in [9.17, 15) is 4.79 Å². The molecule has 2 heterocycles. The number of nitrogens with one attached hydrogen (secondary N) is 1. The van der Waals surface area contributed by atoms with Crippen LogP contribution in [0.5, 0.6) is 11.5 Å². The maximum atomic E-state index is 12.2. The van der Waals surface area contributed by atoms with Crippen LogP contribution in [0.15, 0.2) is 12.1 Å². The van der Waals surface area contributed by atoms with E-state index in [1.807, 2.05) is 23.5 Å². The molecule has 0 spiro atoms. The first kappa shape index (κ1) is 23.3. The summed E-state index contributed by atoms with van der Waals surface area (Å²) in [6.07, 6.45) is 10.8. The molecule has 1 aliphatic carbocycles. The van der Waals surface area contributed by atoms with Crippen molar-refractivity contribution >= 4 is 28.3 Å². The highest BCUT2D eigenvalue weighted by Crippen LogP contribution is 2.33. The Morgan fingerprint density at radius 3 is 2.58 bits per heavy atom. The van der Waals surface area contributed by atoms with Crippen molar-refractivity contribution in [3.05, 3.63) is 18.0 Å². The minimum Gasteiger partial charge on any atom is -0.493 e. The zero-order valence-electron chi connectivity index (χ0n) is 20.0. The summed E-state index contributed by atoms with van der Waals surface area (Å²) in [6.45, 7) is 2.69. The number of aromatic nitrogens is 4. The number of methoxy groups -OCH3 is 2. The molecule has 0 aliphatic heterocycles. The zero-order valence-corrected chi connectivity index (χ0v) is 20.0. The van der Waals surface area contributed by atoms with Gasteiger partial charge in [-0.1, -0.05) is 32.1 Å². The molecule has 0 saturated heterocycles. The number of hydrogen-bond donors (Lipinski definition) is 1. The number of aryl methyl sites for hydroxylation is 1. The summed E-state index contributed by atoms with van der Waals surface area (Å²) >= 11 is 0. The van der Waals surface area contributed by atoms with Gasteiger partial charge < -0.3 is 14.8 Å². The highest BCUT2D eigenvalue weighted by Gasteiger charge is 2.17. The predicted molar refractivity (Wildman–Crippen MR) is 129 cm³/mol. The second kappa shape index (κ2) is 10.8. The highest BCUT2D eigenvalue weighted by atomic mass is 16.5. The van der Waals surface area contributed by atoms with Gasteiger partial charge in [-0.05, 0) is 32.1 Å². The number of Topliss-reactive ketones (excluding diaryl/α,β-unsaturated/α-hetero) is 1. The van der Waals surface area contributed by atoms with Crippen molar-refractivity contribution < 1.29 is 14.3 Å². The first-order valence-corrected chi connectivity index (χ1v) is 12.1. The number of ether oxygens (including phenoxy) is 2. The van der Waals surface area contributed by atoms with E-state index in [4.69, 9.17) is 14.5 Å². The molecule has 0 amide bonds. The second-order valence-corrected chi connectivity index (χ2v) is 9.03. The Morgan fingerprint density at radius 2 is 1.82 bits per heavy atom. The smallest absolute Gasteiger partial charge is 0.204 e. The third-order valence-electron chi connectivity index (χ3n) is 6.72. The van der Waals surface area contributed by atoms with Crippen molar-refractivity contribution in [1.82, 2.24) is 19.6 Å². The van der Waals surface area contributed by atoms with Crippen LogP contribution in [0.4, 0.5) is 5.82 Å². The van der Waals surface area contributed by atoms with Crippen LogP contribution in [0.25, 0.3) is 16.7 Å². The number of ketones is 1. The van der Waals surface area contributed by atoms with E-state index >= 15 is 0 Å². The molecule has 1 N–H and O–H groups in total. The maximum absolute atomic E-state index is 12.2. The van der Waals surface area contributed by atoms with Gasteiger partial charge >= 0.3 is 0 Å². The highest BCUT2D eigenvalue weighted by molar-refractivity contribution is 5.85. The van der Waals surface area contributed by atoms with Crippen molar-refractivity contribution in [3.8, 4) is 11.5 Å². The van der Waals surface area contributed by atoms with Gasteiger partial charge in [0, 0.05) is 31.5 Å². The topological polar surface area (TPSA) is 90.6 Å². The number of rotatable bonds is 12. The van der Waals surface area contributed by atoms with Crippen LogP contribution < -0.4 is 14.8 Å². The minimum atomic E-state index is 0.427. The number of carbonyl (C=O) groups excluding carboxylic acids is 1. The first-order valence-electron chi connectivity index (χ1n) is 12.1. The van der Waals surface area contributed by atoms with E-state index in [2.05, 4.69) is 15.5 Å². The molecule has 4 rings (SSSR count). The van der Waals surface area contributed by atoms with Gasteiger partial charge in [0.2, 0.25) is 5.65 Å². The lowest BCUT2D eigenvalue weighted by Gasteiger charge is -2.13. The molecule has 2 aromatic heterocycles. The largest absolute Gasteiger partial charge is 0.493 e. The normalized spacial score (nSPS) is 14.3. The minimum absolute atomic E-state index is 0.427. The number of fused-ring (bicyclic) bond motifs is 3. The third kappa shape index (κ3) is 5.37. The van der Waals surface area contributed by atoms with E-state index in [1.165, 1.54) is 25.7 Å². The fourth-order valence-corrected chi connectivity index (χ4v) is 4.84. The number of hydrogen-bond acceptors (Lipinski definition) is 7. The second-order valence-electron chi connectivity index (χ2n) is 9.03. The van der Waals surface area contributed by atoms with Gasteiger partial charge in [0.05, 0.1) is 25.3 Å². The lowest BCUT2D eigenvalue weighted by Crippen LogP contribution is -2.07. The molecule has 0 bridgehead atoms. The summed E-state index contributed by atoms with van der Waals surface area (Å²) in [6, 6.07) is 3.77. The Bertz CT molecular complexity index is 1100. The van der Waals surface area contributed by atoms with Crippen LogP contribution >= 0.6 is 0 Å². The van der Waals surface area contributed by atoms with Crippen LogP contribution in [0.1, 0.15) is 70.0 Å². The van der Waals surface area contributed by atoms with Crippen molar-refractivity contribution in [2.45, 2.75) is 71.1 Å². The molecule has 0 radical (unpaired) electrons. The summed E-state index contributed by atoms with van der Waals surface area (Å²) in [7, 11) is 3.23. The van der Waals surface area contributed by atoms with Crippen LogP contribution in [0.2, 0.25) is 0 Å². The zero-order chi connectivity index (χ0) is 23.2. The summed E-state index contributed by atoms with van der Waals surface area (Å²) in [5.74, 6) is 3.97. The molecule has 1 aliphatic rings. The van der Waals surface area contributed by atoms with Crippen molar-refractivity contribution in [3.63, 3.8) is 0 Å². The SMILES string of the molecule is COc1cc2nc(NCCCCCC(=O)CCC3CCCC3)c3nnc(C)n3c2cc1OC. The molecule has 1 fully saturated rings. The number of nitrogens with zero attached hydrogens (tertiary/aromatic N) is 4. The van der Waals surface area contributed by atoms with Crippen molar-refractivity contribution in [1.29, 1.82) is 0 Å². The van der Waals surface area contributed by atoms with E-state index in [0.29, 0.717) is 35.2 Å². The Labute approximate surface area is 195 Å². The van der Waals surface area contributed by atoms with Crippen LogP contribution in [-0.4, -0.2) is 46.1 Å². The van der Waals surface area contributed by atoms with E-state index in [1.54, 1.807) is 14.2 Å². The number of carbonyl (C=O) groups is 1. The molecule has 8 nitrogen and oxygen atoms in total. The van der Waals surface area contributed by atoms with Crippen molar-refractivity contribution in [2.24, 2.45) is 5.92 Å². The summed E-state index contributed by atoms with van der Waals surface area (Å²) in [5, 5.41) is 12.0. The monoisotopic (exact) mass is 453 g/mol. The molecule has 1 aromatic carbocycles. The summed E-state index contributed by atoms with van der Waals surface area (Å²) < 4.78 is 12.9. The number of unbranched alkanes of at least 4 members (excludes halogenated alkanes) is 2. The molecule has 1 saturated carbocycles. The van der Waals surface area contributed by atoms with E-state index < -0.39 is 0 Å². The fraction of sp³-hybridized carbons (Fsp3) is 0.600. The Balaban J connectivity index is 1.33. The average Bonchev–Trinajstić information content (AvgIpc) is 3.49. The van der Waals surface area contributed by atoms with Gasteiger partial charge in [-0.2, -0.15) is 0 Å². The molecule has 0 atom stereocenters. The van der Waals surface area contributed by atoms with Crippen LogP contribution in [0, 0.1) is 12.8 Å². The molecule has 178 valence electrons. The lowest BCUT2D eigenvalue weighted by molar-refractivity contribution is -0.119. The molecule has 3 aromatic rings.